The van der Waals surface area contributed by atoms with Gasteiger partial charge < -0.3 is 5.32 Å². The first-order valence-corrected chi connectivity index (χ1v) is 6.71. The second-order valence-corrected chi connectivity index (χ2v) is 5.66. The third-order valence-corrected chi connectivity index (χ3v) is 4.08. The van der Waals surface area contributed by atoms with Gasteiger partial charge in [-0.15, -0.1) is 11.3 Å². The zero-order valence-corrected chi connectivity index (χ0v) is 11.3. The summed E-state index contributed by atoms with van der Waals surface area (Å²) in [6.07, 6.45) is 3.68. The van der Waals surface area contributed by atoms with Crippen LogP contribution < -0.4 is 5.32 Å². The van der Waals surface area contributed by atoms with E-state index in [1.807, 2.05) is 23.7 Å². The standard InChI is InChI=1S/C14H18N2S/c1-10-4-5-14(17-10)12(3)16-11(2)13-6-8-15-9-7-13/h4-9,11-12,16H,1-3H3/t11-,12?/m0/s1. The maximum Gasteiger partial charge on any atom is 0.0391 e. The summed E-state index contributed by atoms with van der Waals surface area (Å²) in [4.78, 5) is 6.80. The highest BCUT2D eigenvalue weighted by Gasteiger charge is 2.12. The predicted octanol–water partition coefficient (Wildman–Crippen LogP) is 3.86. The van der Waals surface area contributed by atoms with Crippen molar-refractivity contribution < 1.29 is 0 Å². The molecule has 0 saturated carbocycles. The summed E-state index contributed by atoms with van der Waals surface area (Å²) in [5.41, 5.74) is 1.28. The van der Waals surface area contributed by atoms with Crippen LogP contribution in [0.5, 0.6) is 0 Å². The first kappa shape index (κ1) is 12.3. The summed E-state index contributed by atoms with van der Waals surface area (Å²) in [7, 11) is 0. The largest absolute Gasteiger partial charge is 0.303 e. The molecule has 2 nitrogen and oxygen atoms in total. The van der Waals surface area contributed by atoms with Gasteiger partial charge in [-0.1, -0.05) is 0 Å². The van der Waals surface area contributed by atoms with Gasteiger partial charge in [0.1, 0.15) is 0 Å². The van der Waals surface area contributed by atoms with Crippen LogP contribution in [0, 0.1) is 6.92 Å². The highest BCUT2D eigenvalue weighted by atomic mass is 32.1. The van der Waals surface area contributed by atoms with E-state index in [0.717, 1.165) is 0 Å². The van der Waals surface area contributed by atoms with Crippen molar-refractivity contribution in [2.75, 3.05) is 0 Å². The number of hydrogen-bond donors (Lipinski definition) is 1. The number of nitrogens with one attached hydrogen (secondary N) is 1. The Hall–Kier alpha value is -1.19. The lowest BCUT2D eigenvalue weighted by Gasteiger charge is -2.19. The summed E-state index contributed by atoms with van der Waals surface area (Å²) in [6, 6.07) is 9.23. The molecule has 3 heteroatoms. The Morgan fingerprint density at radius 2 is 1.76 bits per heavy atom. The van der Waals surface area contributed by atoms with Crippen molar-refractivity contribution in [1.82, 2.24) is 10.3 Å². The molecule has 0 spiro atoms. The first-order chi connectivity index (χ1) is 8.16. The van der Waals surface area contributed by atoms with Crippen molar-refractivity contribution in [2.24, 2.45) is 0 Å². The minimum Gasteiger partial charge on any atom is -0.303 e. The Morgan fingerprint density at radius 3 is 2.35 bits per heavy atom. The molecule has 90 valence electrons. The van der Waals surface area contributed by atoms with E-state index in [2.05, 4.69) is 55.3 Å². The van der Waals surface area contributed by atoms with Gasteiger partial charge in [0.05, 0.1) is 0 Å². The molecule has 2 heterocycles. The van der Waals surface area contributed by atoms with E-state index >= 15 is 0 Å². The Kier molecular flexibility index (Phi) is 3.92. The monoisotopic (exact) mass is 246 g/mol. The fraction of sp³-hybridized carbons (Fsp3) is 0.357. The second-order valence-electron chi connectivity index (χ2n) is 4.34. The molecular formula is C14H18N2S. The Morgan fingerprint density at radius 1 is 1.06 bits per heavy atom. The molecular weight excluding hydrogens is 228 g/mol. The summed E-state index contributed by atoms with van der Waals surface area (Å²) in [5, 5.41) is 3.61. The minimum absolute atomic E-state index is 0.343. The van der Waals surface area contributed by atoms with Crippen LogP contribution in [-0.2, 0) is 0 Å². The molecule has 2 atom stereocenters. The van der Waals surface area contributed by atoms with Gasteiger partial charge >= 0.3 is 0 Å². The maximum atomic E-state index is 4.04. The predicted molar refractivity (Wildman–Crippen MR) is 73.3 cm³/mol. The van der Waals surface area contributed by atoms with Gasteiger partial charge in [-0.25, -0.2) is 0 Å². The fourth-order valence-electron chi connectivity index (χ4n) is 1.89. The third kappa shape index (κ3) is 3.14. The minimum atomic E-state index is 0.343. The van der Waals surface area contributed by atoms with Crippen molar-refractivity contribution in [3.05, 3.63) is 52.0 Å². The van der Waals surface area contributed by atoms with Crippen LogP contribution in [0.1, 0.15) is 41.2 Å². The molecule has 0 aliphatic carbocycles. The zero-order valence-electron chi connectivity index (χ0n) is 10.5. The molecule has 2 aromatic heterocycles. The maximum absolute atomic E-state index is 4.04. The molecule has 0 aliphatic rings. The Balaban J connectivity index is 2.02. The summed E-state index contributed by atoms with van der Waals surface area (Å²) in [5.74, 6) is 0. The Labute approximate surface area is 107 Å². The number of aryl methyl sites for hydroxylation is 1. The van der Waals surface area contributed by atoms with E-state index in [9.17, 15) is 0 Å². The summed E-state index contributed by atoms with van der Waals surface area (Å²) < 4.78 is 0. The van der Waals surface area contributed by atoms with Gasteiger partial charge in [-0.3, -0.25) is 4.98 Å². The van der Waals surface area contributed by atoms with Gasteiger partial charge in [0.25, 0.3) is 0 Å². The molecule has 17 heavy (non-hydrogen) atoms. The van der Waals surface area contributed by atoms with Crippen LogP contribution in [0.3, 0.4) is 0 Å². The molecule has 0 amide bonds. The van der Waals surface area contributed by atoms with E-state index in [0.29, 0.717) is 12.1 Å². The van der Waals surface area contributed by atoms with E-state index in [4.69, 9.17) is 0 Å². The molecule has 2 aromatic rings. The molecule has 2 rings (SSSR count). The molecule has 0 aromatic carbocycles. The Bertz CT molecular complexity index is 464. The number of aromatic nitrogens is 1. The number of nitrogens with zero attached hydrogens (tertiary/aromatic N) is 1. The average molecular weight is 246 g/mol. The topological polar surface area (TPSA) is 24.9 Å². The smallest absolute Gasteiger partial charge is 0.0391 e. The van der Waals surface area contributed by atoms with E-state index in [-0.39, 0.29) is 0 Å². The van der Waals surface area contributed by atoms with Crippen molar-refractivity contribution in [2.45, 2.75) is 32.9 Å². The van der Waals surface area contributed by atoms with Crippen LogP contribution in [-0.4, -0.2) is 4.98 Å². The van der Waals surface area contributed by atoms with E-state index in [1.165, 1.54) is 15.3 Å². The molecule has 0 bridgehead atoms. The zero-order chi connectivity index (χ0) is 12.3. The van der Waals surface area contributed by atoms with Crippen LogP contribution in [0.2, 0.25) is 0 Å². The van der Waals surface area contributed by atoms with Gasteiger partial charge in [0.2, 0.25) is 0 Å². The number of hydrogen-bond acceptors (Lipinski definition) is 3. The van der Waals surface area contributed by atoms with Crippen molar-refractivity contribution >= 4 is 11.3 Å². The van der Waals surface area contributed by atoms with Gasteiger partial charge in [-0.2, -0.15) is 0 Å². The van der Waals surface area contributed by atoms with Crippen LogP contribution in [0.25, 0.3) is 0 Å². The van der Waals surface area contributed by atoms with Crippen molar-refractivity contribution in [1.29, 1.82) is 0 Å². The molecule has 0 radical (unpaired) electrons. The average Bonchev–Trinajstić information content (AvgIpc) is 2.77. The van der Waals surface area contributed by atoms with Crippen molar-refractivity contribution in [3.8, 4) is 0 Å². The first-order valence-electron chi connectivity index (χ1n) is 5.89. The molecule has 1 unspecified atom stereocenters. The van der Waals surface area contributed by atoms with Crippen LogP contribution in [0.4, 0.5) is 0 Å². The fourth-order valence-corrected chi connectivity index (χ4v) is 2.78. The number of pyridine rings is 1. The van der Waals surface area contributed by atoms with Gasteiger partial charge in [-0.05, 0) is 50.6 Å². The SMILES string of the molecule is Cc1ccc(C(C)N[C@@H](C)c2ccncc2)s1. The highest BCUT2D eigenvalue weighted by Crippen LogP contribution is 2.24. The van der Waals surface area contributed by atoms with E-state index in [1.54, 1.807) is 0 Å². The highest BCUT2D eigenvalue weighted by molar-refractivity contribution is 7.12. The van der Waals surface area contributed by atoms with Crippen LogP contribution in [0.15, 0.2) is 36.7 Å². The van der Waals surface area contributed by atoms with Gasteiger partial charge in [0, 0.05) is 34.2 Å². The normalized spacial score (nSPS) is 14.5. The third-order valence-electron chi connectivity index (χ3n) is 2.89. The molecule has 1 N–H and O–H groups in total. The molecule has 0 aliphatic heterocycles. The van der Waals surface area contributed by atoms with Crippen LogP contribution >= 0.6 is 11.3 Å². The number of rotatable bonds is 4. The van der Waals surface area contributed by atoms with E-state index < -0.39 is 0 Å². The lowest BCUT2D eigenvalue weighted by molar-refractivity contribution is 0.500. The lowest BCUT2D eigenvalue weighted by Crippen LogP contribution is -2.21. The molecule has 0 fully saturated rings. The second kappa shape index (κ2) is 5.43. The quantitative estimate of drug-likeness (QED) is 0.886. The van der Waals surface area contributed by atoms with Gasteiger partial charge in [0.15, 0.2) is 0 Å². The summed E-state index contributed by atoms with van der Waals surface area (Å²) in [6.45, 7) is 6.54. The lowest BCUT2D eigenvalue weighted by atomic mass is 10.1. The van der Waals surface area contributed by atoms with Crippen molar-refractivity contribution in [3.63, 3.8) is 0 Å². The number of thiophene rings is 1. The summed E-state index contributed by atoms with van der Waals surface area (Å²) >= 11 is 1.86. The molecule has 0 saturated heterocycles.